The topological polar surface area (TPSA) is 39.7 Å². The van der Waals surface area contributed by atoms with Crippen LogP contribution in [0, 0.1) is 0 Å². The number of aliphatic imine (C=N–C) groups is 1. The van der Waals surface area contributed by atoms with Crippen molar-refractivity contribution in [1.29, 1.82) is 0 Å². The molecule has 1 rings (SSSR count). The second kappa shape index (κ2) is 14.6. The molecular weight excluding hydrogens is 407 g/mol. The minimum atomic E-state index is 0. The summed E-state index contributed by atoms with van der Waals surface area (Å²) in [5, 5.41) is 6.74. The molecule has 0 amide bonds. The smallest absolute Gasteiger partial charge is 0.191 e. The maximum Gasteiger partial charge on any atom is 0.191 e. The number of likely N-dealkylation sites (tertiary alicyclic amines) is 1. The van der Waals surface area contributed by atoms with Gasteiger partial charge in [0.15, 0.2) is 5.96 Å². The van der Waals surface area contributed by atoms with Crippen LogP contribution in [0.25, 0.3) is 0 Å². The first kappa shape index (κ1) is 22.1. The summed E-state index contributed by atoms with van der Waals surface area (Å²) in [5.41, 5.74) is 0. The fourth-order valence-corrected chi connectivity index (χ4v) is 3.19. The Bertz CT molecular complexity index is 313. The molecule has 1 aliphatic rings. The number of hydrogen-bond acceptors (Lipinski definition) is 3. The highest BCUT2D eigenvalue weighted by Crippen LogP contribution is 2.15. The zero-order chi connectivity index (χ0) is 15.3. The van der Waals surface area contributed by atoms with E-state index in [9.17, 15) is 0 Å². The third-order valence-electron chi connectivity index (χ3n) is 3.85. The van der Waals surface area contributed by atoms with Gasteiger partial charge in [0.2, 0.25) is 0 Å². The van der Waals surface area contributed by atoms with Crippen molar-refractivity contribution in [3.05, 3.63) is 12.7 Å². The first-order valence-electron chi connectivity index (χ1n) is 8.15. The number of piperidine rings is 1. The monoisotopic (exact) mass is 440 g/mol. The second-order valence-corrected chi connectivity index (χ2v) is 6.67. The SMILES string of the molecule is C=CCSCCNC(=NC)NCCCN1CCCCC1C.I. The summed E-state index contributed by atoms with van der Waals surface area (Å²) in [4.78, 5) is 6.87. The number of guanidine groups is 1. The second-order valence-electron chi connectivity index (χ2n) is 5.52. The minimum absolute atomic E-state index is 0. The molecule has 130 valence electrons. The molecule has 0 aromatic heterocycles. The molecule has 1 saturated heterocycles. The number of thioether (sulfide) groups is 1. The fraction of sp³-hybridized carbons (Fsp3) is 0.812. The third-order valence-corrected chi connectivity index (χ3v) is 4.82. The van der Waals surface area contributed by atoms with Crippen LogP contribution in [0.4, 0.5) is 0 Å². The van der Waals surface area contributed by atoms with Gasteiger partial charge in [0, 0.05) is 44.2 Å². The van der Waals surface area contributed by atoms with Gasteiger partial charge in [-0.25, -0.2) is 0 Å². The summed E-state index contributed by atoms with van der Waals surface area (Å²) in [6.07, 6.45) is 7.24. The number of nitrogens with zero attached hydrogens (tertiary/aromatic N) is 2. The molecule has 0 saturated carbocycles. The van der Waals surface area contributed by atoms with Gasteiger partial charge in [-0.05, 0) is 32.7 Å². The summed E-state index contributed by atoms with van der Waals surface area (Å²) in [6, 6.07) is 0.762. The molecule has 0 radical (unpaired) electrons. The molecular formula is C16H33IN4S. The number of nitrogens with one attached hydrogen (secondary N) is 2. The van der Waals surface area contributed by atoms with Crippen molar-refractivity contribution >= 4 is 41.7 Å². The zero-order valence-electron chi connectivity index (χ0n) is 14.1. The molecule has 4 nitrogen and oxygen atoms in total. The first-order valence-corrected chi connectivity index (χ1v) is 9.30. The molecule has 0 aromatic carbocycles. The fourth-order valence-electron chi connectivity index (χ4n) is 2.61. The van der Waals surface area contributed by atoms with E-state index < -0.39 is 0 Å². The van der Waals surface area contributed by atoms with E-state index in [0.29, 0.717) is 0 Å². The van der Waals surface area contributed by atoms with E-state index in [1.165, 1.54) is 38.8 Å². The van der Waals surface area contributed by atoms with Crippen molar-refractivity contribution in [2.24, 2.45) is 4.99 Å². The van der Waals surface area contributed by atoms with Crippen molar-refractivity contribution < 1.29 is 0 Å². The van der Waals surface area contributed by atoms with E-state index in [4.69, 9.17) is 0 Å². The van der Waals surface area contributed by atoms with Crippen LogP contribution < -0.4 is 10.6 Å². The van der Waals surface area contributed by atoms with Gasteiger partial charge in [-0.2, -0.15) is 11.8 Å². The highest BCUT2D eigenvalue weighted by atomic mass is 127. The lowest BCUT2D eigenvalue weighted by Crippen LogP contribution is -2.41. The van der Waals surface area contributed by atoms with E-state index in [1.54, 1.807) is 0 Å². The van der Waals surface area contributed by atoms with E-state index >= 15 is 0 Å². The van der Waals surface area contributed by atoms with Crippen LogP contribution in [0.1, 0.15) is 32.6 Å². The molecule has 22 heavy (non-hydrogen) atoms. The highest BCUT2D eigenvalue weighted by molar-refractivity contribution is 14.0. The Kier molecular flexibility index (Phi) is 14.7. The molecule has 1 fully saturated rings. The molecule has 0 aliphatic carbocycles. The Morgan fingerprint density at radius 2 is 2.14 bits per heavy atom. The van der Waals surface area contributed by atoms with Gasteiger partial charge in [0.1, 0.15) is 0 Å². The molecule has 0 aromatic rings. The van der Waals surface area contributed by atoms with E-state index in [0.717, 1.165) is 36.6 Å². The Balaban J connectivity index is 0.00000441. The van der Waals surface area contributed by atoms with Crippen molar-refractivity contribution in [2.45, 2.75) is 38.6 Å². The van der Waals surface area contributed by atoms with Crippen LogP contribution in [0.2, 0.25) is 0 Å². The zero-order valence-corrected chi connectivity index (χ0v) is 17.3. The normalized spacial score (nSPS) is 19.4. The molecule has 1 unspecified atom stereocenters. The summed E-state index contributed by atoms with van der Waals surface area (Å²) >= 11 is 1.88. The first-order chi connectivity index (χ1) is 10.3. The Hall–Kier alpha value is 0.0500. The van der Waals surface area contributed by atoms with Crippen LogP contribution in [0.5, 0.6) is 0 Å². The molecule has 6 heteroatoms. The Morgan fingerprint density at radius 1 is 1.36 bits per heavy atom. The van der Waals surface area contributed by atoms with Gasteiger partial charge in [-0.3, -0.25) is 4.99 Å². The van der Waals surface area contributed by atoms with Crippen LogP contribution in [-0.2, 0) is 0 Å². The van der Waals surface area contributed by atoms with Gasteiger partial charge < -0.3 is 15.5 Å². The summed E-state index contributed by atoms with van der Waals surface area (Å²) < 4.78 is 0. The van der Waals surface area contributed by atoms with Gasteiger partial charge >= 0.3 is 0 Å². The van der Waals surface area contributed by atoms with Gasteiger partial charge in [-0.15, -0.1) is 30.6 Å². The summed E-state index contributed by atoms with van der Waals surface area (Å²) in [5.74, 6) is 3.01. The molecule has 1 atom stereocenters. The van der Waals surface area contributed by atoms with Gasteiger partial charge in [-0.1, -0.05) is 12.5 Å². The lowest BCUT2D eigenvalue weighted by Gasteiger charge is -2.33. The number of hydrogen-bond donors (Lipinski definition) is 2. The van der Waals surface area contributed by atoms with Crippen LogP contribution in [-0.4, -0.2) is 61.6 Å². The van der Waals surface area contributed by atoms with Crippen molar-refractivity contribution in [3.8, 4) is 0 Å². The lowest BCUT2D eigenvalue weighted by molar-refractivity contribution is 0.159. The van der Waals surface area contributed by atoms with Gasteiger partial charge in [0.05, 0.1) is 0 Å². The van der Waals surface area contributed by atoms with Crippen molar-refractivity contribution in [1.82, 2.24) is 15.5 Å². The van der Waals surface area contributed by atoms with Crippen LogP contribution >= 0.6 is 35.7 Å². The average molecular weight is 440 g/mol. The molecule has 1 heterocycles. The van der Waals surface area contributed by atoms with Crippen molar-refractivity contribution in [3.63, 3.8) is 0 Å². The molecule has 2 N–H and O–H groups in total. The highest BCUT2D eigenvalue weighted by Gasteiger charge is 2.16. The summed E-state index contributed by atoms with van der Waals surface area (Å²) in [6.45, 7) is 10.5. The van der Waals surface area contributed by atoms with Crippen molar-refractivity contribution in [2.75, 3.05) is 44.7 Å². The van der Waals surface area contributed by atoms with E-state index in [1.807, 2.05) is 24.9 Å². The van der Waals surface area contributed by atoms with Crippen LogP contribution in [0.3, 0.4) is 0 Å². The predicted octanol–water partition coefficient (Wildman–Crippen LogP) is 2.95. The van der Waals surface area contributed by atoms with E-state index in [2.05, 4.69) is 34.0 Å². The molecule has 1 aliphatic heterocycles. The van der Waals surface area contributed by atoms with E-state index in [-0.39, 0.29) is 24.0 Å². The number of rotatable bonds is 9. The minimum Gasteiger partial charge on any atom is -0.356 e. The Morgan fingerprint density at radius 3 is 2.82 bits per heavy atom. The number of halogens is 1. The standard InChI is InChI=1S/C16H32N4S.HI/c1-4-13-21-14-10-19-16(17-3)18-9-7-12-20-11-6-5-8-15(20)2;/h4,15H,1,5-14H2,2-3H3,(H2,17,18,19);1H. The average Bonchev–Trinajstić information content (AvgIpc) is 2.50. The predicted molar refractivity (Wildman–Crippen MR) is 112 cm³/mol. The lowest BCUT2D eigenvalue weighted by atomic mass is 10.0. The summed E-state index contributed by atoms with van der Waals surface area (Å²) in [7, 11) is 1.83. The maximum atomic E-state index is 4.26. The largest absolute Gasteiger partial charge is 0.356 e. The van der Waals surface area contributed by atoms with Gasteiger partial charge in [0.25, 0.3) is 0 Å². The molecule has 0 bridgehead atoms. The Labute approximate surface area is 158 Å². The van der Waals surface area contributed by atoms with Crippen LogP contribution in [0.15, 0.2) is 17.6 Å². The maximum absolute atomic E-state index is 4.26. The molecule has 0 spiro atoms. The quantitative estimate of drug-likeness (QED) is 0.190. The third kappa shape index (κ3) is 9.94.